The summed E-state index contributed by atoms with van der Waals surface area (Å²) in [6.45, 7) is 0.211. The molecule has 0 atom stereocenters. The molecule has 1 N–H and O–H groups in total. The van der Waals surface area contributed by atoms with E-state index in [1.807, 2.05) is 22.9 Å². The Hall–Kier alpha value is -2.47. The van der Waals surface area contributed by atoms with Crippen LogP contribution in [0.4, 0.5) is 0 Å². The fraction of sp³-hybridized carbons (Fsp3) is 0.222. The zero-order valence-corrected chi connectivity index (χ0v) is 18.1. The molecule has 0 unspecified atom stereocenters. The van der Waals surface area contributed by atoms with Gasteiger partial charge < -0.3 is 9.47 Å². The van der Waals surface area contributed by atoms with Gasteiger partial charge in [0, 0.05) is 24.4 Å². The fourth-order valence-corrected chi connectivity index (χ4v) is 5.51. The van der Waals surface area contributed by atoms with Gasteiger partial charge in [0.25, 0.3) is 0 Å². The van der Waals surface area contributed by atoms with Crippen molar-refractivity contribution < 1.29 is 17.9 Å². The number of nitrogens with one attached hydrogen (secondary N) is 1. The molecular formula is C18H18N4O4S3. The molecule has 0 aliphatic rings. The number of fused-ring (bicyclic) bond motifs is 1. The number of thiazole rings is 1. The molecule has 11 heteroatoms. The van der Waals surface area contributed by atoms with Gasteiger partial charge in [-0.25, -0.2) is 17.7 Å². The predicted molar refractivity (Wildman–Crippen MR) is 113 cm³/mol. The zero-order chi connectivity index (χ0) is 20.4. The van der Waals surface area contributed by atoms with Crippen LogP contribution in [0.1, 0.15) is 5.69 Å². The molecule has 0 aliphatic carbocycles. The minimum absolute atomic E-state index is 0.0375. The third-order valence-electron chi connectivity index (χ3n) is 4.22. The lowest BCUT2D eigenvalue weighted by atomic mass is 10.3. The molecule has 4 aromatic rings. The Bertz CT molecular complexity index is 1230. The number of rotatable bonds is 8. The predicted octanol–water partition coefficient (Wildman–Crippen LogP) is 3.06. The van der Waals surface area contributed by atoms with Crippen molar-refractivity contribution in [3.63, 3.8) is 0 Å². The SMILES string of the molecule is COc1ccc(OC)c(S(=O)(=O)NCCc2csc3nc(-c4cccs4)nn23)c1. The van der Waals surface area contributed by atoms with Crippen LogP contribution < -0.4 is 14.2 Å². The topological polar surface area (TPSA) is 94.8 Å². The second-order valence-electron chi connectivity index (χ2n) is 6.00. The van der Waals surface area contributed by atoms with E-state index in [4.69, 9.17) is 9.47 Å². The fourth-order valence-electron chi connectivity index (χ4n) is 2.79. The van der Waals surface area contributed by atoms with E-state index in [2.05, 4.69) is 14.8 Å². The highest BCUT2D eigenvalue weighted by Crippen LogP contribution is 2.28. The van der Waals surface area contributed by atoms with Crippen LogP contribution in [0.25, 0.3) is 15.7 Å². The van der Waals surface area contributed by atoms with E-state index in [1.165, 1.54) is 31.6 Å². The summed E-state index contributed by atoms with van der Waals surface area (Å²) in [5.41, 5.74) is 0.889. The van der Waals surface area contributed by atoms with Gasteiger partial charge in [-0.1, -0.05) is 6.07 Å². The number of benzene rings is 1. The molecule has 0 saturated carbocycles. The van der Waals surface area contributed by atoms with Crippen LogP contribution in [0.2, 0.25) is 0 Å². The van der Waals surface area contributed by atoms with E-state index in [0.717, 1.165) is 15.5 Å². The van der Waals surface area contributed by atoms with Crippen LogP contribution in [0.5, 0.6) is 11.5 Å². The van der Waals surface area contributed by atoms with Crippen molar-refractivity contribution >= 4 is 37.7 Å². The lowest BCUT2D eigenvalue weighted by Gasteiger charge is -2.12. The number of methoxy groups -OCH3 is 2. The molecule has 1 aromatic carbocycles. The smallest absolute Gasteiger partial charge is 0.244 e. The van der Waals surface area contributed by atoms with Crippen LogP contribution in [-0.4, -0.2) is 43.8 Å². The Labute approximate surface area is 175 Å². The third-order valence-corrected chi connectivity index (χ3v) is 7.44. The molecule has 0 spiro atoms. The number of nitrogens with zero attached hydrogens (tertiary/aromatic N) is 3. The van der Waals surface area contributed by atoms with Crippen molar-refractivity contribution in [2.24, 2.45) is 0 Å². The number of aromatic nitrogens is 3. The highest BCUT2D eigenvalue weighted by atomic mass is 32.2. The van der Waals surface area contributed by atoms with Crippen molar-refractivity contribution in [2.45, 2.75) is 11.3 Å². The molecule has 3 aromatic heterocycles. The monoisotopic (exact) mass is 450 g/mol. The first-order valence-electron chi connectivity index (χ1n) is 8.60. The molecule has 0 radical (unpaired) electrons. The summed E-state index contributed by atoms with van der Waals surface area (Å²) in [5, 5.41) is 8.47. The van der Waals surface area contributed by atoms with Gasteiger partial charge in [0.2, 0.25) is 15.0 Å². The number of hydrogen-bond acceptors (Lipinski definition) is 8. The molecule has 0 amide bonds. The van der Waals surface area contributed by atoms with Crippen LogP contribution in [0, 0.1) is 0 Å². The highest BCUT2D eigenvalue weighted by molar-refractivity contribution is 7.89. The van der Waals surface area contributed by atoms with Gasteiger partial charge in [0.05, 0.1) is 24.8 Å². The van der Waals surface area contributed by atoms with Crippen LogP contribution in [0.3, 0.4) is 0 Å². The van der Waals surface area contributed by atoms with Crippen LogP contribution >= 0.6 is 22.7 Å². The Balaban J connectivity index is 1.50. The summed E-state index contributed by atoms with van der Waals surface area (Å²) >= 11 is 3.06. The average molecular weight is 451 g/mol. The lowest BCUT2D eigenvalue weighted by Crippen LogP contribution is -2.26. The molecule has 4 rings (SSSR count). The molecule has 0 saturated heterocycles. The van der Waals surface area contributed by atoms with Gasteiger partial charge >= 0.3 is 0 Å². The molecule has 0 aliphatic heterocycles. The van der Waals surface area contributed by atoms with Crippen LogP contribution in [0.15, 0.2) is 46.0 Å². The molecule has 3 heterocycles. The minimum atomic E-state index is -3.77. The van der Waals surface area contributed by atoms with Crippen molar-refractivity contribution in [3.8, 4) is 22.2 Å². The Morgan fingerprint density at radius 2 is 2.03 bits per heavy atom. The average Bonchev–Trinajstić information content (AvgIpc) is 3.45. The summed E-state index contributed by atoms with van der Waals surface area (Å²) < 4.78 is 40.2. The molecule has 0 fully saturated rings. The van der Waals surface area contributed by atoms with Gasteiger partial charge in [-0.15, -0.1) is 27.8 Å². The summed E-state index contributed by atoms with van der Waals surface area (Å²) in [6.07, 6.45) is 0.471. The first kappa shape index (κ1) is 19.8. The Morgan fingerprint density at radius 3 is 2.76 bits per heavy atom. The summed E-state index contributed by atoms with van der Waals surface area (Å²) in [4.78, 5) is 6.35. The number of hydrogen-bond donors (Lipinski definition) is 1. The van der Waals surface area contributed by atoms with Crippen molar-refractivity contribution in [3.05, 3.63) is 46.8 Å². The molecule has 0 bridgehead atoms. The molecular weight excluding hydrogens is 432 g/mol. The third kappa shape index (κ3) is 3.99. The van der Waals surface area contributed by atoms with E-state index >= 15 is 0 Å². The first-order chi connectivity index (χ1) is 14.0. The quantitative estimate of drug-likeness (QED) is 0.443. The van der Waals surface area contributed by atoms with Crippen molar-refractivity contribution in [2.75, 3.05) is 20.8 Å². The number of thiophene rings is 1. The molecule has 152 valence electrons. The summed E-state index contributed by atoms with van der Waals surface area (Å²) in [5.74, 6) is 1.37. The zero-order valence-electron chi connectivity index (χ0n) is 15.7. The maximum absolute atomic E-state index is 12.8. The normalized spacial score (nSPS) is 11.8. The first-order valence-corrected chi connectivity index (χ1v) is 11.8. The maximum atomic E-state index is 12.8. The van der Waals surface area contributed by atoms with Crippen LogP contribution in [-0.2, 0) is 16.4 Å². The van der Waals surface area contributed by atoms with Gasteiger partial charge in [0.15, 0.2) is 5.82 Å². The van der Waals surface area contributed by atoms with E-state index in [9.17, 15) is 8.42 Å². The Morgan fingerprint density at radius 1 is 1.17 bits per heavy atom. The van der Waals surface area contributed by atoms with Crippen molar-refractivity contribution in [1.29, 1.82) is 0 Å². The number of ether oxygens (including phenoxy) is 2. The highest BCUT2D eigenvalue weighted by Gasteiger charge is 2.21. The second kappa shape index (κ2) is 8.11. The van der Waals surface area contributed by atoms with E-state index in [1.54, 1.807) is 28.0 Å². The Kier molecular flexibility index (Phi) is 5.54. The molecule has 8 nitrogen and oxygen atoms in total. The minimum Gasteiger partial charge on any atom is -0.497 e. The number of sulfonamides is 1. The van der Waals surface area contributed by atoms with E-state index in [0.29, 0.717) is 18.0 Å². The molecule has 29 heavy (non-hydrogen) atoms. The van der Waals surface area contributed by atoms with Crippen molar-refractivity contribution in [1.82, 2.24) is 19.3 Å². The second-order valence-corrected chi connectivity index (χ2v) is 9.52. The largest absolute Gasteiger partial charge is 0.497 e. The lowest BCUT2D eigenvalue weighted by molar-refractivity contribution is 0.392. The maximum Gasteiger partial charge on any atom is 0.244 e. The van der Waals surface area contributed by atoms with Gasteiger partial charge in [-0.3, -0.25) is 0 Å². The van der Waals surface area contributed by atoms with E-state index < -0.39 is 10.0 Å². The summed E-state index contributed by atoms with van der Waals surface area (Å²) in [6, 6.07) is 8.58. The summed E-state index contributed by atoms with van der Waals surface area (Å²) in [7, 11) is -0.856. The van der Waals surface area contributed by atoms with Gasteiger partial charge in [-0.05, 0) is 23.6 Å². The standard InChI is InChI=1S/C18H18N4O4S3/c1-25-13-5-6-14(26-2)16(10-13)29(23,24)19-8-7-12-11-28-18-20-17(21-22(12)18)15-4-3-9-27-15/h3-6,9-11,19H,7-8H2,1-2H3. The van der Waals surface area contributed by atoms with Gasteiger partial charge in [-0.2, -0.15) is 4.98 Å². The van der Waals surface area contributed by atoms with Gasteiger partial charge in [0.1, 0.15) is 16.4 Å². The van der Waals surface area contributed by atoms with E-state index in [-0.39, 0.29) is 17.2 Å².